The van der Waals surface area contributed by atoms with Crippen molar-refractivity contribution in [2.75, 3.05) is 17.8 Å². The van der Waals surface area contributed by atoms with Crippen molar-refractivity contribution in [2.45, 2.75) is 37.6 Å². The fraction of sp³-hybridized carbons (Fsp3) is 0.333. The highest BCUT2D eigenvalue weighted by atomic mass is 32.2. The van der Waals surface area contributed by atoms with Crippen molar-refractivity contribution in [2.24, 2.45) is 0 Å². The molecule has 2 heterocycles. The van der Waals surface area contributed by atoms with Crippen molar-refractivity contribution in [3.8, 4) is 0 Å². The first-order valence-electron chi connectivity index (χ1n) is 9.84. The number of carbonyl (C=O) groups is 1. The normalized spacial score (nSPS) is 14.4. The summed E-state index contributed by atoms with van der Waals surface area (Å²) in [5.41, 5.74) is 2.08. The monoisotopic (exact) mass is 445 g/mol. The van der Waals surface area contributed by atoms with Crippen LogP contribution in [0.4, 0.5) is 5.69 Å². The topological polar surface area (TPSA) is 88.5 Å². The molecule has 3 aromatic rings. The lowest BCUT2D eigenvalue weighted by Crippen LogP contribution is -2.29. The van der Waals surface area contributed by atoms with E-state index in [1.165, 1.54) is 12.1 Å². The van der Waals surface area contributed by atoms with Crippen molar-refractivity contribution in [1.29, 1.82) is 0 Å². The zero-order chi connectivity index (χ0) is 21.3. The third-order valence-corrected chi connectivity index (χ3v) is 7.55. The number of anilines is 1. The number of likely N-dealkylation sites (tertiary alicyclic amines) is 1. The van der Waals surface area contributed by atoms with Crippen LogP contribution in [0.2, 0.25) is 0 Å². The maximum absolute atomic E-state index is 12.8. The second-order valence-corrected chi connectivity index (χ2v) is 10.1. The molecule has 7 nitrogen and oxygen atoms in total. The second kappa shape index (κ2) is 8.23. The van der Waals surface area contributed by atoms with Gasteiger partial charge in [-0.2, -0.15) is 0 Å². The summed E-state index contributed by atoms with van der Waals surface area (Å²) in [5.74, 6) is 0.0558. The van der Waals surface area contributed by atoms with E-state index in [0.29, 0.717) is 22.4 Å². The van der Waals surface area contributed by atoms with Gasteiger partial charge in [-0.25, -0.2) is 8.42 Å². The molecule has 0 atom stereocenters. The van der Waals surface area contributed by atoms with E-state index in [0.717, 1.165) is 42.8 Å². The number of amides is 1. The van der Waals surface area contributed by atoms with Gasteiger partial charge in [-0.05, 0) is 55.7 Å². The van der Waals surface area contributed by atoms with E-state index in [1.807, 2.05) is 17.9 Å². The smallest absolute Gasteiger partial charge is 0.308 e. The largest absolute Gasteiger partial charge is 0.343 e. The highest BCUT2D eigenvalue weighted by molar-refractivity contribution is 7.92. The Kier molecular flexibility index (Phi) is 5.66. The molecule has 1 aliphatic rings. The van der Waals surface area contributed by atoms with Crippen LogP contribution in [0.5, 0.6) is 0 Å². The summed E-state index contributed by atoms with van der Waals surface area (Å²) in [5, 5.41) is 0. The summed E-state index contributed by atoms with van der Waals surface area (Å²) in [6.45, 7) is 3.75. The molecule has 2 aromatic carbocycles. The van der Waals surface area contributed by atoms with Gasteiger partial charge in [0.2, 0.25) is 5.91 Å². The van der Waals surface area contributed by atoms with Gasteiger partial charge in [0.25, 0.3) is 10.0 Å². The number of hydrogen-bond donors (Lipinski definition) is 1. The molecule has 0 spiro atoms. The minimum Gasteiger partial charge on any atom is -0.343 e. The van der Waals surface area contributed by atoms with E-state index in [9.17, 15) is 18.0 Å². The number of carbonyl (C=O) groups excluding carboxylic acids is 1. The zero-order valence-corrected chi connectivity index (χ0v) is 18.3. The molecule has 0 radical (unpaired) electrons. The predicted octanol–water partition coefficient (Wildman–Crippen LogP) is 3.18. The Balaban J connectivity index is 1.56. The van der Waals surface area contributed by atoms with Crippen LogP contribution in [0, 0.1) is 6.92 Å². The van der Waals surface area contributed by atoms with Crippen LogP contribution in [0.25, 0.3) is 10.2 Å². The molecule has 1 amide bonds. The summed E-state index contributed by atoms with van der Waals surface area (Å²) in [4.78, 5) is 26.5. The molecule has 158 valence electrons. The quantitative estimate of drug-likeness (QED) is 0.631. The van der Waals surface area contributed by atoms with Gasteiger partial charge in [0, 0.05) is 31.7 Å². The highest BCUT2D eigenvalue weighted by Crippen LogP contribution is 2.24. The first-order valence-corrected chi connectivity index (χ1v) is 12.1. The predicted molar refractivity (Wildman–Crippen MR) is 119 cm³/mol. The average Bonchev–Trinajstić information content (AvgIpc) is 3.33. The van der Waals surface area contributed by atoms with Crippen molar-refractivity contribution in [1.82, 2.24) is 9.47 Å². The van der Waals surface area contributed by atoms with Crippen LogP contribution >= 0.6 is 11.3 Å². The van der Waals surface area contributed by atoms with E-state index >= 15 is 0 Å². The number of nitrogens with zero attached hydrogens (tertiary/aromatic N) is 2. The first kappa shape index (κ1) is 20.6. The molecule has 1 N–H and O–H groups in total. The van der Waals surface area contributed by atoms with Gasteiger partial charge < -0.3 is 4.90 Å². The number of aromatic nitrogens is 1. The first-order chi connectivity index (χ1) is 14.3. The standard InChI is InChI=1S/C21H23N3O4S2/c1-15-5-4-6-16(13-15)22-30(27,28)17-7-8-18-19(14-17)29-21(26)24(18)12-9-20(25)23-10-2-3-11-23/h4-8,13-14,22H,2-3,9-12H2,1H3. The summed E-state index contributed by atoms with van der Waals surface area (Å²) in [6, 6.07) is 11.8. The lowest BCUT2D eigenvalue weighted by Gasteiger charge is -2.15. The lowest BCUT2D eigenvalue weighted by atomic mass is 10.2. The van der Waals surface area contributed by atoms with E-state index in [1.54, 1.807) is 28.8 Å². The van der Waals surface area contributed by atoms with Crippen LogP contribution in [0.15, 0.2) is 52.2 Å². The molecular formula is C21H23N3O4S2. The molecule has 4 rings (SSSR count). The Morgan fingerprint density at radius 2 is 1.90 bits per heavy atom. The molecule has 0 unspecified atom stereocenters. The van der Waals surface area contributed by atoms with Crippen LogP contribution in [-0.4, -0.2) is 36.9 Å². The zero-order valence-electron chi connectivity index (χ0n) is 16.6. The van der Waals surface area contributed by atoms with E-state index < -0.39 is 10.0 Å². The average molecular weight is 446 g/mol. The second-order valence-electron chi connectivity index (χ2n) is 7.46. The maximum atomic E-state index is 12.8. The summed E-state index contributed by atoms with van der Waals surface area (Å²) in [6.07, 6.45) is 2.32. The molecule has 0 aliphatic carbocycles. The fourth-order valence-corrected chi connectivity index (χ4v) is 5.79. The van der Waals surface area contributed by atoms with Crippen LogP contribution in [0.1, 0.15) is 24.8 Å². The molecule has 1 aromatic heterocycles. The molecule has 1 aliphatic heterocycles. The summed E-state index contributed by atoms with van der Waals surface area (Å²) >= 11 is 0.992. The van der Waals surface area contributed by atoms with Gasteiger partial charge in [0.1, 0.15) is 0 Å². The van der Waals surface area contributed by atoms with Gasteiger partial charge in [-0.3, -0.25) is 18.9 Å². The Morgan fingerprint density at radius 1 is 1.13 bits per heavy atom. The number of nitrogens with one attached hydrogen (secondary N) is 1. The van der Waals surface area contributed by atoms with Gasteiger partial charge in [0.05, 0.1) is 15.1 Å². The molecule has 0 saturated carbocycles. The number of aryl methyl sites for hydroxylation is 2. The van der Waals surface area contributed by atoms with E-state index in [2.05, 4.69) is 4.72 Å². The maximum Gasteiger partial charge on any atom is 0.308 e. The Bertz CT molecular complexity index is 1250. The van der Waals surface area contributed by atoms with Crippen molar-refractivity contribution in [3.63, 3.8) is 0 Å². The van der Waals surface area contributed by atoms with Gasteiger partial charge >= 0.3 is 4.87 Å². The number of fused-ring (bicyclic) bond motifs is 1. The Hall–Kier alpha value is -2.65. The molecular weight excluding hydrogens is 422 g/mol. The molecule has 0 bridgehead atoms. The Morgan fingerprint density at radius 3 is 2.63 bits per heavy atom. The number of sulfonamides is 1. The Labute approximate surface area is 179 Å². The van der Waals surface area contributed by atoms with Gasteiger partial charge in [0.15, 0.2) is 0 Å². The van der Waals surface area contributed by atoms with Crippen LogP contribution in [-0.2, 0) is 21.4 Å². The highest BCUT2D eigenvalue weighted by Gasteiger charge is 2.20. The van der Waals surface area contributed by atoms with Crippen molar-refractivity contribution >= 4 is 43.2 Å². The fourth-order valence-electron chi connectivity index (χ4n) is 3.68. The minimum absolute atomic E-state index is 0.0558. The number of benzene rings is 2. The third kappa shape index (κ3) is 4.27. The van der Waals surface area contributed by atoms with E-state index in [-0.39, 0.29) is 22.1 Å². The van der Waals surface area contributed by atoms with Crippen molar-refractivity contribution in [3.05, 3.63) is 57.7 Å². The summed E-state index contributed by atoms with van der Waals surface area (Å²) in [7, 11) is -3.78. The number of thiazole rings is 1. The number of rotatable bonds is 6. The third-order valence-electron chi connectivity index (χ3n) is 5.23. The molecule has 30 heavy (non-hydrogen) atoms. The minimum atomic E-state index is -3.78. The molecule has 9 heteroatoms. The SMILES string of the molecule is Cc1cccc(NS(=O)(=O)c2ccc3c(c2)sc(=O)n3CCC(=O)N2CCCC2)c1. The number of hydrogen-bond acceptors (Lipinski definition) is 5. The molecule has 1 fully saturated rings. The summed E-state index contributed by atoms with van der Waals surface area (Å²) < 4.78 is 30.2. The van der Waals surface area contributed by atoms with Crippen LogP contribution in [0.3, 0.4) is 0 Å². The van der Waals surface area contributed by atoms with Crippen molar-refractivity contribution < 1.29 is 13.2 Å². The molecule has 1 saturated heterocycles. The lowest BCUT2D eigenvalue weighted by molar-refractivity contribution is -0.130. The van der Waals surface area contributed by atoms with E-state index in [4.69, 9.17) is 0 Å². The van der Waals surface area contributed by atoms with Crippen LogP contribution < -0.4 is 9.60 Å². The van der Waals surface area contributed by atoms with Gasteiger partial charge in [-0.15, -0.1) is 0 Å². The van der Waals surface area contributed by atoms with Gasteiger partial charge in [-0.1, -0.05) is 23.5 Å².